The Morgan fingerprint density at radius 1 is 1.47 bits per heavy atom. The summed E-state index contributed by atoms with van der Waals surface area (Å²) in [5, 5.41) is 9.90. The highest BCUT2D eigenvalue weighted by atomic mass is 16.1. The van der Waals surface area contributed by atoms with Gasteiger partial charge in [-0.05, 0) is 31.0 Å². The van der Waals surface area contributed by atoms with Crippen molar-refractivity contribution in [1.29, 1.82) is 5.41 Å². The summed E-state index contributed by atoms with van der Waals surface area (Å²) in [7, 11) is 0. The standard InChI is InChI=1S/C12H16N2O/c1-3-10-5-4-6-11(7-10)12(15)14-8-9(2)13/h4-7,13H,3,8H2,1-2H3,(H,14,15). The van der Waals surface area contributed by atoms with Crippen LogP contribution in [0.2, 0.25) is 0 Å². The first-order valence-electron chi connectivity index (χ1n) is 5.04. The minimum absolute atomic E-state index is 0.114. The zero-order chi connectivity index (χ0) is 11.3. The summed E-state index contributed by atoms with van der Waals surface area (Å²) < 4.78 is 0. The van der Waals surface area contributed by atoms with Gasteiger partial charge >= 0.3 is 0 Å². The van der Waals surface area contributed by atoms with E-state index in [-0.39, 0.29) is 5.91 Å². The van der Waals surface area contributed by atoms with Gasteiger partial charge in [0.2, 0.25) is 0 Å². The summed E-state index contributed by atoms with van der Waals surface area (Å²) in [6, 6.07) is 7.55. The van der Waals surface area contributed by atoms with Crippen LogP contribution in [0.3, 0.4) is 0 Å². The molecule has 1 rings (SSSR count). The molecule has 0 radical (unpaired) electrons. The molecule has 0 aliphatic carbocycles. The maximum absolute atomic E-state index is 11.6. The van der Waals surface area contributed by atoms with Crippen LogP contribution in [0.5, 0.6) is 0 Å². The fourth-order valence-electron chi connectivity index (χ4n) is 1.25. The molecule has 1 aromatic carbocycles. The van der Waals surface area contributed by atoms with Crippen LogP contribution >= 0.6 is 0 Å². The molecule has 0 saturated heterocycles. The van der Waals surface area contributed by atoms with Gasteiger partial charge in [-0.15, -0.1) is 0 Å². The number of aryl methyl sites for hydroxylation is 1. The number of hydrogen-bond donors (Lipinski definition) is 2. The molecule has 0 spiro atoms. The molecule has 3 nitrogen and oxygen atoms in total. The van der Waals surface area contributed by atoms with Crippen LogP contribution in [0.25, 0.3) is 0 Å². The van der Waals surface area contributed by atoms with Gasteiger partial charge in [0.05, 0.1) is 6.54 Å². The van der Waals surface area contributed by atoms with Crippen molar-refractivity contribution in [3.05, 3.63) is 35.4 Å². The predicted octanol–water partition coefficient (Wildman–Crippen LogP) is 2.02. The molecule has 0 aliphatic rings. The first-order valence-corrected chi connectivity index (χ1v) is 5.04. The van der Waals surface area contributed by atoms with Gasteiger partial charge in [0.25, 0.3) is 5.91 Å². The van der Waals surface area contributed by atoms with Crippen LogP contribution < -0.4 is 5.32 Å². The summed E-state index contributed by atoms with van der Waals surface area (Å²) in [4.78, 5) is 11.6. The van der Waals surface area contributed by atoms with E-state index in [1.165, 1.54) is 0 Å². The van der Waals surface area contributed by atoms with Crippen molar-refractivity contribution in [3.63, 3.8) is 0 Å². The Bertz CT molecular complexity index is 372. The lowest BCUT2D eigenvalue weighted by Gasteiger charge is -2.05. The van der Waals surface area contributed by atoms with Gasteiger partial charge in [-0.3, -0.25) is 4.79 Å². The monoisotopic (exact) mass is 204 g/mol. The fraction of sp³-hybridized carbons (Fsp3) is 0.333. The van der Waals surface area contributed by atoms with Crippen molar-refractivity contribution in [2.45, 2.75) is 20.3 Å². The highest BCUT2D eigenvalue weighted by Crippen LogP contribution is 2.05. The van der Waals surface area contributed by atoms with Crippen molar-refractivity contribution >= 4 is 11.6 Å². The van der Waals surface area contributed by atoms with Crippen molar-refractivity contribution < 1.29 is 4.79 Å². The van der Waals surface area contributed by atoms with Crippen molar-refractivity contribution in [3.8, 4) is 0 Å². The third-order valence-electron chi connectivity index (χ3n) is 2.11. The minimum atomic E-state index is -0.114. The molecule has 2 N–H and O–H groups in total. The quantitative estimate of drug-likeness (QED) is 0.724. The number of rotatable bonds is 4. The second kappa shape index (κ2) is 5.29. The number of benzene rings is 1. The van der Waals surface area contributed by atoms with Crippen molar-refractivity contribution in [2.75, 3.05) is 6.54 Å². The lowest BCUT2D eigenvalue weighted by atomic mass is 10.1. The highest BCUT2D eigenvalue weighted by molar-refractivity contribution is 5.96. The SMILES string of the molecule is CCc1cccc(C(=O)NCC(C)=N)c1. The molecule has 3 heteroatoms. The number of carbonyl (C=O) groups excluding carboxylic acids is 1. The van der Waals surface area contributed by atoms with Gasteiger partial charge in [0.1, 0.15) is 0 Å². The summed E-state index contributed by atoms with van der Waals surface area (Å²) in [5.41, 5.74) is 2.26. The van der Waals surface area contributed by atoms with E-state index in [9.17, 15) is 4.79 Å². The molecule has 1 aromatic rings. The fourth-order valence-corrected chi connectivity index (χ4v) is 1.25. The van der Waals surface area contributed by atoms with Crippen LogP contribution in [0.1, 0.15) is 29.8 Å². The van der Waals surface area contributed by atoms with Gasteiger partial charge in [-0.2, -0.15) is 0 Å². The number of amides is 1. The second-order valence-corrected chi connectivity index (χ2v) is 3.52. The molecular weight excluding hydrogens is 188 g/mol. The predicted molar refractivity (Wildman–Crippen MR) is 61.6 cm³/mol. The molecule has 0 heterocycles. The third kappa shape index (κ3) is 3.54. The summed E-state index contributed by atoms with van der Waals surface area (Å²) in [6.45, 7) is 4.04. The molecule has 0 fully saturated rings. The Hall–Kier alpha value is -1.64. The van der Waals surface area contributed by atoms with E-state index in [4.69, 9.17) is 5.41 Å². The Morgan fingerprint density at radius 3 is 2.80 bits per heavy atom. The highest BCUT2D eigenvalue weighted by Gasteiger charge is 2.04. The smallest absolute Gasteiger partial charge is 0.251 e. The number of nitrogens with one attached hydrogen (secondary N) is 2. The largest absolute Gasteiger partial charge is 0.347 e. The van der Waals surface area contributed by atoms with E-state index >= 15 is 0 Å². The van der Waals surface area contributed by atoms with E-state index in [2.05, 4.69) is 12.2 Å². The van der Waals surface area contributed by atoms with Gasteiger partial charge in [-0.1, -0.05) is 19.1 Å². The average molecular weight is 204 g/mol. The molecule has 1 amide bonds. The molecule has 0 aromatic heterocycles. The van der Waals surface area contributed by atoms with Gasteiger partial charge in [-0.25, -0.2) is 0 Å². The molecular formula is C12H16N2O. The molecule has 0 saturated carbocycles. The Kier molecular flexibility index (Phi) is 4.03. The topological polar surface area (TPSA) is 53.0 Å². The molecule has 15 heavy (non-hydrogen) atoms. The lowest BCUT2D eigenvalue weighted by Crippen LogP contribution is -2.27. The summed E-state index contributed by atoms with van der Waals surface area (Å²) >= 11 is 0. The van der Waals surface area contributed by atoms with E-state index in [1.807, 2.05) is 18.2 Å². The molecule has 0 bridgehead atoms. The van der Waals surface area contributed by atoms with Crippen molar-refractivity contribution in [1.82, 2.24) is 5.32 Å². The second-order valence-electron chi connectivity index (χ2n) is 3.52. The Labute approximate surface area is 90.0 Å². The van der Waals surface area contributed by atoms with Gasteiger partial charge in [0, 0.05) is 11.3 Å². The maximum atomic E-state index is 11.6. The van der Waals surface area contributed by atoms with E-state index < -0.39 is 0 Å². The molecule has 80 valence electrons. The van der Waals surface area contributed by atoms with E-state index in [1.54, 1.807) is 13.0 Å². The third-order valence-corrected chi connectivity index (χ3v) is 2.11. The first-order chi connectivity index (χ1) is 7.13. The van der Waals surface area contributed by atoms with Crippen LogP contribution in [0.15, 0.2) is 24.3 Å². The first kappa shape index (κ1) is 11.4. The molecule has 0 atom stereocenters. The van der Waals surface area contributed by atoms with Crippen LogP contribution in [-0.4, -0.2) is 18.2 Å². The summed E-state index contributed by atoms with van der Waals surface area (Å²) in [5.74, 6) is -0.114. The summed E-state index contributed by atoms with van der Waals surface area (Å²) in [6.07, 6.45) is 0.921. The van der Waals surface area contributed by atoms with Crippen LogP contribution in [0.4, 0.5) is 0 Å². The van der Waals surface area contributed by atoms with Crippen molar-refractivity contribution in [2.24, 2.45) is 0 Å². The Balaban J connectivity index is 2.69. The minimum Gasteiger partial charge on any atom is -0.347 e. The van der Waals surface area contributed by atoms with Gasteiger partial charge in [0.15, 0.2) is 0 Å². The zero-order valence-corrected chi connectivity index (χ0v) is 9.13. The zero-order valence-electron chi connectivity index (χ0n) is 9.13. The van der Waals surface area contributed by atoms with E-state index in [0.717, 1.165) is 12.0 Å². The van der Waals surface area contributed by atoms with Gasteiger partial charge < -0.3 is 10.7 Å². The molecule has 0 aliphatic heterocycles. The van der Waals surface area contributed by atoms with Crippen LogP contribution in [-0.2, 0) is 6.42 Å². The number of hydrogen-bond acceptors (Lipinski definition) is 2. The Morgan fingerprint density at radius 2 is 2.20 bits per heavy atom. The molecule has 0 unspecified atom stereocenters. The normalized spacial score (nSPS) is 9.73. The number of carbonyl (C=O) groups is 1. The van der Waals surface area contributed by atoms with E-state index in [0.29, 0.717) is 17.8 Å². The average Bonchev–Trinajstić information content (AvgIpc) is 2.26. The lowest BCUT2D eigenvalue weighted by molar-refractivity contribution is 0.0959. The van der Waals surface area contributed by atoms with Crippen LogP contribution in [0, 0.1) is 5.41 Å². The maximum Gasteiger partial charge on any atom is 0.251 e.